The first-order chi connectivity index (χ1) is 8.65. The second-order valence-electron chi connectivity index (χ2n) is 4.28. The van der Waals surface area contributed by atoms with Crippen LogP contribution in [0.25, 0.3) is 0 Å². The van der Waals surface area contributed by atoms with E-state index in [9.17, 15) is 9.59 Å². The van der Waals surface area contributed by atoms with E-state index >= 15 is 0 Å². The molecule has 0 saturated carbocycles. The lowest BCUT2D eigenvalue weighted by Crippen LogP contribution is -2.26. The molecule has 0 spiro atoms. The van der Waals surface area contributed by atoms with Crippen LogP contribution in [0.1, 0.15) is 35.7 Å². The van der Waals surface area contributed by atoms with Gasteiger partial charge in [-0.2, -0.15) is 0 Å². The summed E-state index contributed by atoms with van der Waals surface area (Å²) < 4.78 is 0. The Balaban J connectivity index is 2.63. The lowest BCUT2D eigenvalue weighted by atomic mass is 10.1. The molecule has 4 nitrogen and oxygen atoms in total. The molecule has 0 radical (unpaired) electrons. The van der Waals surface area contributed by atoms with Crippen molar-refractivity contribution in [3.8, 4) is 0 Å². The normalized spacial score (nSPS) is 10.6. The zero-order valence-corrected chi connectivity index (χ0v) is 10.6. The van der Waals surface area contributed by atoms with Crippen molar-refractivity contribution in [1.82, 2.24) is 4.90 Å². The van der Waals surface area contributed by atoms with E-state index in [0.717, 1.165) is 24.8 Å². The molecular formula is C14H19NO3. The fourth-order valence-corrected chi connectivity index (χ4v) is 1.86. The molecule has 98 valence electrons. The molecule has 1 N–H and O–H groups in total. The molecule has 0 unspecified atom stereocenters. The van der Waals surface area contributed by atoms with E-state index in [1.165, 1.54) is 0 Å². The van der Waals surface area contributed by atoms with E-state index in [-0.39, 0.29) is 6.42 Å². The molecule has 1 aromatic rings. The van der Waals surface area contributed by atoms with Crippen LogP contribution in [-0.2, 0) is 11.3 Å². The topological polar surface area (TPSA) is 57.6 Å². The van der Waals surface area contributed by atoms with Crippen molar-refractivity contribution >= 4 is 12.3 Å². The van der Waals surface area contributed by atoms with Crippen molar-refractivity contribution < 1.29 is 14.7 Å². The number of aliphatic carboxylic acids is 1. The van der Waals surface area contributed by atoms with Crippen LogP contribution in [-0.4, -0.2) is 35.4 Å². The summed E-state index contributed by atoms with van der Waals surface area (Å²) in [5, 5.41) is 8.71. The third-order valence-electron chi connectivity index (χ3n) is 2.68. The lowest BCUT2D eigenvalue weighted by molar-refractivity contribution is -0.137. The molecule has 0 heterocycles. The lowest BCUT2D eigenvalue weighted by Gasteiger charge is -2.20. The summed E-state index contributed by atoms with van der Waals surface area (Å²) in [6.07, 6.45) is 1.95. The maximum absolute atomic E-state index is 10.7. The second kappa shape index (κ2) is 7.61. The third kappa shape index (κ3) is 5.10. The first kappa shape index (κ1) is 14.4. The Bertz CT molecular complexity index is 404. The van der Waals surface area contributed by atoms with Gasteiger partial charge in [0.15, 0.2) is 0 Å². The van der Waals surface area contributed by atoms with E-state index in [4.69, 9.17) is 5.11 Å². The SMILES string of the molecule is CCCN(CCC(=O)O)Cc1cccc(C=O)c1. The molecule has 0 fully saturated rings. The smallest absolute Gasteiger partial charge is 0.304 e. The molecule has 0 aromatic heterocycles. The highest BCUT2D eigenvalue weighted by Gasteiger charge is 2.07. The van der Waals surface area contributed by atoms with Crippen molar-refractivity contribution in [2.45, 2.75) is 26.3 Å². The predicted molar refractivity (Wildman–Crippen MR) is 69.7 cm³/mol. The molecule has 4 heteroatoms. The van der Waals surface area contributed by atoms with Crippen molar-refractivity contribution in [3.63, 3.8) is 0 Å². The molecule has 0 bridgehead atoms. The molecule has 0 aliphatic heterocycles. The number of carboxylic acid groups (broad SMARTS) is 1. The maximum atomic E-state index is 10.7. The van der Waals surface area contributed by atoms with Gasteiger partial charge in [-0.25, -0.2) is 0 Å². The van der Waals surface area contributed by atoms with E-state index in [1.807, 2.05) is 18.2 Å². The molecule has 1 aromatic carbocycles. The summed E-state index contributed by atoms with van der Waals surface area (Å²) >= 11 is 0. The number of carboxylic acids is 1. The van der Waals surface area contributed by atoms with Gasteiger partial charge < -0.3 is 5.11 Å². The van der Waals surface area contributed by atoms with Gasteiger partial charge in [-0.1, -0.05) is 25.1 Å². The quantitative estimate of drug-likeness (QED) is 0.717. The minimum atomic E-state index is -0.780. The zero-order chi connectivity index (χ0) is 13.4. The van der Waals surface area contributed by atoms with Crippen molar-refractivity contribution in [3.05, 3.63) is 35.4 Å². The number of carbonyl (C=O) groups is 2. The average Bonchev–Trinajstić information content (AvgIpc) is 2.36. The number of hydrogen-bond donors (Lipinski definition) is 1. The van der Waals surface area contributed by atoms with Crippen LogP contribution in [0.15, 0.2) is 24.3 Å². The molecule has 0 aliphatic rings. The summed E-state index contributed by atoms with van der Waals surface area (Å²) in [5.74, 6) is -0.780. The fourth-order valence-electron chi connectivity index (χ4n) is 1.86. The molecule has 0 amide bonds. The largest absolute Gasteiger partial charge is 0.481 e. The number of benzene rings is 1. The van der Waals surface area contributed by atoms with Crippen LogP contribution < -0.4 is 0 Å². The number of nitrogens with zero attached hydrogens (tertiary/aromatic N) is 1. The summed E-state index contributed by atoms with van der Waals surface area (Å²) in [6.45, 7) is 4.14. The number of rotatable bonds is 8. The first-order valence-corrected chi connectivity index (χ1v) is 6.14. The van der Waals surface area contributed by atoms with Crippen molar-refractivity contribution in [1.29, 1.82) is 0 Å². The minimum absolute atomic E-state index is 0.146. The van der Waals surface area contributed by atoms with Crippen LogP contribution in [0.2, 0.25) is 0 Å². The highest BCUT2D eigenvalue weighted by Crippen LogP contribution is 2.08. The van der Waals surface area contributed by atoms with Crippen molar-refractivity contribution in [2.75, 3.05) is 13.1 Å². The van der Waals surface area contributed by atoms with E-state index in [1.54, 1.807) is 6.07 Å². The monoisotopic (exact) mass is 249 g/mol. The molecule has 0 saturated heterocycles. The molecule has 18 heavy (non-hydrogen) atoms. The fraction of sp³-hybridized carbons (Fsp3) is 0.429. The van der Waals surface area contributed by atoms with Gasteiger partial charge in [-0.05, 0) is 24.6 Å². The Morgan fingerprint density at radius 3 is 2.78 bits per heavy atom. The Morgan fingerprint density at radius 1 is 1.39 bits per heavy atom. The molecule has 0 atom stereocenters. The van der Waals surface area contributed by atoms with Gasteiger partial charge in [-0.3, -0.25) is 14.5 Å². The van der Waals surface area contributed by atoms with Gasteiger partial charge in [0.05, 0.1) is 6.42 Å². The standard InChI is InChI=1S/C14H19NO3/c1-2-7-15(8-6-14(17)18)10-12-4-3-5-13(9-12)11-16/h3-5,9,11H,2,6-8,10H2,1H3,(H,17,18). The van der Waals surface area contributed by atoms with Gasteiger partial charge in [-0.15, -0.1) is 0 Å². The van der Waals surface area contributed by atoms with Crippen LogP contribution in [0, 0.1) is 0 Å². The third-order valence-corrected chi connectivity index (χ3v) is 2.68. The Kier molecular flexibility index (Phi) is 6.08. The van der Waals surface area contributed by atoms with Crippen LogP contribution in [0.3, 0.4) is 0 Å². The second-order valence-corrected chi connectivity index (χ2v) is 4.28. The number of aldehydes is 1. The van der Waals surface area contributed by atoms with E-state index in [0.29, 0.717) is 18.7 Å². The Morgan fingerprint density at radius 2 is 2.17 bits per heavy atom. The van der Waals surface area contributed by atoms with Gasteiger partial charge in [0.25, 0.3) is 0 Å². The predicted octanol–water partition coefficient (Wildman–Crippen LogP) is 2.19. The van der Waals surface area contributed by atoms with E-state index < -0.39 is 5.97 Å². The summed E-state index contributed by atoms with van der Waals surface area (Å²) in [7, 11) is 0. The average molecular weight is 249 g/mol. The molecular weight excluding hydrogens is 230 g/mol. The zero-order valence-electron chi connectivity index (χ0n) is 10.6. The molecule has 1 rings (SSSR count). The van der Waals surface area contributed by atoms with E-state index in [2.05, 4.69) is 11.8 Å². The Hall–Kier alpha value is -1.68. The van der Waals surface area contributed by atoms with Gasteiger partial charge >= 0.3 is 5.97 Å². The first-order valence-electron chi connectivity index (χ1n) is 6.14. The van der Waals surface area contributed by atoms with Gasteiger partial charge in [0, 0.05) is 18.7 Å². The van der Waals surface area contributed by atoms with Crippen LogP contribution >= 0.6 is 0 Å². The minimum Gasteiger partial charge on any atom is -0.481 e. The number of carbonyl (C=O) groups excluding carboxylic acids is 1. The highest BCUT2D eigenvalue weighted by atomic mass is 16.4. The molecule has 0 aliphatic carbocycles. The van der Waals surface area contributed by atoms with Crippen molar-refractivity contribution in [2.24, 2.45) is 0 Å². The van der Waals surface area contributed by atoms with Crippen LogP contribution in [0.5, 0.6) is 0 Å². The summed E-state index contributed by atoms with van der Waals surface area (Å²) in [6, 6.07) is 7.41. The summed E-state index contributed by atoms with van der Waals surface area (Å²) in [5.41, 5.74) is 1.70. The summed E-state index contributed by atoms with van der Waals surface area (Å²) in [4.78, 5) is 23.4. The highest BCUT2D eigenvalue weighted by molar-refractivity contribution is 5.74. The maximum Gasteiger partial charge on any atom is 0.304 e. The van der Waals surface area contributed by atoms with Gasteiger partial charge in [0.2, 0.25) is 0 Å². The Labute approximate surface area is 107 Å². The van der Waals surface area contributed by atoms with Crippen LogP contribution in [0.4, 0.5) is 0 Å². The van der Waals surface area contributed by atoms with Gasteiger partial charge in [0.1, 0.15) is 6.29 Å². The number of hydrogen-bond acceptors (Lipinski definition) is 3.